The number of H-pyrrole nitrogens is 1. The van der Waals surface area contributed by atoms with E-state index in [-0.39, 0.29) is 36.3 Å². The molecule has 0 spiro atoms. The van der Waals surface area contributed by atoms with Crippen molar-refractivity contribution < 1.29 is 14.3 Å². The van der Waals surface area contributed by atoms with E-state index in [1.165, 1.54) is 10.7 Å². The lowest BCUT2D eigenvalue weighted by Gasteiger charge is -2.17. The number of hydrogen-bond acceptors (Lipinski definition) is 6. The molecular formula is C23H26N6O4. The molecule has 33 heavy (non-hydrogen) atoms. The monoisotopic (exact) mass is 450 g/mol. The average Bonchev–Trinajstić information content (AvgIpc) is 3.36. The van der Waals surface area contributed by atoms with E-state index in [1.807, 2.05) is 6.92 Å². The first-order valence-electron chi connectivity index (χ1n) is 10.8. The van der Waals surface area contributed by atoms with Crippen molar-refractivity contribution in [3.8, 4) is 11.7 Å². The van der Waals surface area contributed by atoms with E-state index in [2.05, 4.69) is 20.4 Å². The lowest BCUT2D eigenvalue weighted by molar-refractivity contribution is -0.122. The van der Waals surface area contributed by atoms with Gasteiger partial charge in [0.15, 0.2) is 0 Å². The van der Waals surface area contributed by atoms with Crippen LogP contribution in [0.25, 0.3) is 5.95 Å². The molecular weight excluding hydrogens is 424 g/mol. The second-order valence-corrected chi connectivity index (χ2v) is 7.99. The van der Waals surface area contributed by atoms with Crippen molar-refractivity contribution in [3.05, 3.63) is 58.1 Å². The first-order valence-corrected chi connectivity index (χ1v) is 10.8. The third kappa shape index (κ3) is 4.79. The fourth-order valence-electron chi connectivity index (χ4n) is 3.85. The molecule has 172 valence electrons. The number of hydrogen-bond donors (Lipinski definition) is 2. The Hall–Kier alpha value is -3.95. The summed E-state index contributed by atoms with van der Waals surface area (Å²) in [7, 11) is 1.58. The van der Waals surface area contributed by atoms with Crippen molar-refractivity contribution in [1.29, 1.82) is 0 Å². The molecule has 1 aliphatic heterocycles. The van der Waals surface area contributed by atoms with Crippen molar-refractivity contribution in [2.75, 3.05) is 23.9 Å². The van der Waals surface area contributed by atoms with Crippen LogP contribution < -0.4 is 20.5 Å². The van der Waals surface area contributed by atoms with Crippen molar-refractivity contribution in [2.45, 2.75) is 33.1 Å². The Bertz CT molecular complexity index is 1230. The van der Waals surface area contributed by atoms with E-state index < -0.39 is 5.92 Å². The third-order valence-corrected chi connectivity index (χ3v) is 5.45. The third-order valence-electron chi connectivity index (χ3n) is 5.45. The molecule has 1 saturated heterocycles. The maximum atomic E-state index is 13.0. The van der Waals surface area contributed by atoms with Crippen molar-refractivity contribution in [1.82, 2.24) is 19.7 Å². The van der Waals surface area contributed by atoms with Gasteiger partial charge in [0.05, 0.1) is 18.7 Å². The summed E-state index contributed by atoms with van der Waals surface area (Å²) < 4.78 is 6.57. The van der Waals surface area contributed by atoms with Crippen molar-refractivity contribution >= 4 is 23.3 Å². The van der Waals surface area contributed by atoms with Gasteiger partial charge in [-0.25, -0.2) is 4.98 Å². The first kappa shape index (κ1) is 22.3. The zero-order valence-corrected chi connectivity index (χ0v) is 18.8. The number of methoxy groups -OCH3 is 1. The molecule has 1 fully saturated rings. The van der Waals surface area contributed by atoms with Gasteiger partial charge in [-0.3, -0.25) is 19.4 Å². The number of carbonyl (C=O) groups excluding carboxylic acids is 2. The molecule has 3 aromatic rings. The standard InChI is InChI=1S/C23H26N6O4/c1-4-5-16-12-20(30)26-23(24-16)29-19(10-14(2)27-29)25-22(32)15-11-21(31)28(13-15)17-6-8-18(33-3)9-7-17/h6-10,12,15H,4-5,11,13H2,1-3H3,(H,25,32)(H,24,26,30). The van der Waals surface area contributed by atoms with Gasteiger partial charge in [-0.2, -0.15) is 9.78 Å². The summed E-state index contributed by atoms with van der Waals surface area (Å²) in [5, 5.41) is 7.23. The SMILES string of the molecule is CCCc1cc(=O)[nH]c(-n2nc(C)cc2NC(=O)C2CC(=O)N(c3ccc(OC)cc3)C2)n1. The summed E-state index contributed by atoms with van der Waals surface area (Å²) in [6, 6.07) is 10.3. The number of carbonyl (C=O) groups is 2. The number of nitrogens with one attached hydrogen (secondary N) is 2. The van der Waals surface area contributed by atoms with E-state index in [9.17, 15) is 14.4 Å². The Kier molecular flexibility index (Phi) is 6.25. The van der Waals surface area contributed by atoms with Crippen molar-refractivity contribution in [3.63, 3.8) is 0 Å². The van der Waals surface area contributed by atoms with E-state index in [0.29, 0.717) is 35.1 Å². The maximum absolute atomic E-state index is 13.0. The number of aryl methyl sites for hydroxylation is 2. The van der Waals surface area contributed by atoms with Gasteiger partial charge < -0.3 is 15.0 Å². The van der Waals surface area contributed by atoms with Crippen LogP contribution in [-0.4, -0.2) is 45.2 Å². The van der Waals surface area contributed by atoms with E-state index in [1.54, 1.807) is 49.3 Å². The van der Waals surface area contributed by atoms with Gasteiger partial charge in [-0.05, 0) is 37.6 Å². The molecule has 1 unspecified atom stereocenters. The minimum absolute atomic E-state index is 0.103. The summed E-state index contributed by atoms with van der Waals surface area (Å²) in [6.45, 7) is 4.06. The highest BCUT2D eigenvalue weighted by molar-refractivity contribution is 6.03. The molecule has 10 heteroatoms. The van der Waals surface area contributed by atoms with Crippen LogP contribution in [0.3, 0.4) is 0 Å². The number of nitrogens with zero attached hydrogens (tertiary/aromatic N) is 4. The molecule has 1 atom stereocenters. The van der Waals surface area contributed by atoms with E-state index in [4.69, 9.17) is 4.74 Å². The molecule has 2 amide bonds. The van der Waals surface area contributed by atoms with Crippen molar-refractivity contribution in [2.24, 2.45) is 5.92 Å². The summed E-state index contributed by atoms with van der Waals surface area (Å²) >= 11 is 0. The quantitative estimate of drug-likeness (QED) is 0.569. The molecule has 0 saturated carbocycles. The molecule has 2 N–H and O–H groups in total. The van der Waals surface area contributed by atoms with Crippen LogP contribution >= 0.6 is 0 Å². The number of aromatic nitrogens is 4. The minimum Gasteiger partial charge on any atom is -0.497 e. The Morgan fingerprint density at radius 2 is 2.00 bits per heavy atom. The Morgan fingerprint density at radius 1 is 1.24 bits per heavy atom. The normalized spacial score (nSPS) is 15.7. The van der Waals surface area contributed by atoms with Crippen LogP contribution in [0, 0.1) is 12.8 Å². The highest BCUT2D eigenvalue weighted by atomic mass is 16.5. The zero-order valence-electron chi connectivity index (χ0n) is 18.8. The topological polar surface area (TPSA) is 122 Å². The number of ether oxygens (including phenoxy) is 1. The predicted octanol–water partition coefficient (Wildman–Crippen LogP) is 2.22. The maximum Gasteiger partial charge on any atom is 0.252 e. The molecule has 0 radical (unpaired) electrons. The fourth-order valence-corrected chi connectivity index (χ4v) is 3.85. The molecule has 10 nitrogen and oxygen atoms in total. The number of rotatable bonds is 7. The summed E-state index contributed by atoms with van der Waals surface area (Å²) in [5.74, 6) is 0.358. The van der Waals surface area contributed by atoms with Gasteiger partial charge in [0.2, 0.25) is 17.8 Å². The van der Waals surface area contributed by atoms with Gasteiger partial charge in [0, 0.05) is 36.5 Å². The van der Waals surface area contributed by atoms with Gasteiger partial charge in [0.25, 0.3) is 5.56 Å². The molecule has 1 aromatic carbocycles. The highest BCUT2D eigenvalue weighted by Crippen LogP contribution is 2.28. The Morgan fingerprint density at radius 3 is 2.70 bits per heavy atom. The van der Waals surface area contributed by atoms with E-state index >= 15 is 0 Å². The molecule has 2 aromatic heterocycles. The fraction of sp³-hybridized carbons (Fsp3) is 0.348. The summed E-state index contributed by atoms with van der Waals surface area (Å²) in [4.78, 5) is 46.4. The largest absolute Gasteiger partial charge is 0.497 e. The number of amides is 2. The van der Waals surface area contributed by atoms with Crippen LogP contribution in [0.5, 0.6) is 5.75 Å². The molecule has 4 rings (SSSR count). The average molecular weight is 450 g/mol. The van der Waals surface area contributed by atoms with Gasteiger partial charge in [-0.1, -0.05) is 13.3 Å². The first-order chi connectivity index (χ1) is 15.9. The van der Waals surface area contributed by atoms with Gasteiger partial charge in [0.1, 0.15) is 11.6 Å². The van der Waals surface area contributed by atoms with Crippen LogP contribution in [0.1, 0.15) is 31.2 Å². The Labute approximate surface area is 190 Å². The molecule has 3 heterocycles. The molecule has 1 aliphatic rings. The molecule has 0 aliphatic carbocycles. The number of anilines is 2. The van der Waals surface area contributed by atoms with Gasteiger partial charge >= 0.3 is 0 Å². The van der Waals surface area contributed by atoms with E-state index in [0.717, 1.165) is 6.42 Å². The summed E-state index contributed by atoms with van der Waals surface area (Å²) in [6.07, 6.45) is 1.61. The smallest absolute Gasteiger partial charge is 0.252 e. The minimum atomic E-state index is -0.526. The highest BCUT2D eigenvalue weighted by Gasteiger charge is 2.35. The predicted molar refractivity (Wildman–Crippen MR) is 123 cm³/mol. The number of aromatic amines is 1. The second kappa shape index (κ2) is 9.27. The zero-order chi connectivity index (χ0) is 23.5. The lowest BCUT2D eigenvalue weighted by atomic mass is 10.1. The number of benzene rings is 1. The van der Waals surface area contributed by atoms with Crippen LogP contribution in [-0.2, 0) is 16.0 Å². The second-order valence-electron chi connectivity index (χ2n) is 7.99. The summed E-state index contributed by atoms with van der Waals surface area (Å²) in [5.41, 5.74) is 1.73. The van der Waals surface area contributed by atoms with Crippen LogP contribution in [0.15, 0.2) is 41.2 Å². The van der Waals surface area contributed by atoms with Crippen LogP contribution in [0.4, 0.5) is 11.5 Å². The van der Waals surface area contributed by atoms with Crippen LogP contribution in [0.2, 0.25) is 0 Å². The molecule has 0 bridgehead atoms. The Balaban J connectivity index is 1.53. The van der Waals surface area contributed by atoms with Gasteiger partial charge in [-0.15, -0.1) is 0 Å². The lowest BCUT2D eigenvalue weighted by Crippen LogP contribution is -2.28.